The number of hydrogen-bond donors (Lipinski definition) is 2. The first-order valence-electron chi connectivity index (χ1n) is 12.1. The van der Waals surface area contributed by atoms with Crippen LogP contribution in [0.4, 0.5) is 0 Å². The number of likely N-dealkylation sites (tertiary alicyclic amines) is 1. The van der Waals surface area contributed by atoms with Crippen molar-refractivity contribution in [2.24, 2.45) is 11.8 Å². The fourth-order valence-electron chi connectivity index (χ4n) is 5.99. The monoisotopic (exact) mass is 471 g/mol. The average molecular weight is 472 g/mol. The maximum Gasteiger partial charge on any atom is 0.230 e. The van der Waals surface area contributed by atoms with Crippen LogP contribution in [0.5, 0.6) is 5.75 Å². The van der Waals surface area contributed by atoms with Gasteiger partial charge >= 0.3 is 0 Å². The second-order valence-electron chi connectivity index (χ2n) is 9.72. The van der Waals surface area contributed by atoms with E-state index in [4.69, 9.17) is 9.47 Å². The van der Waals surface area contributed by atoms with Crippen LogP contribution in [0.25, 0.3) is 10.9 Å². The number of H-pyrrole nitrogens is 1. The molecule has 0 aliphatic carbocycles. The number of fused-ring (bicyclic) bond motifs is 2. The Balaban J connectivity index is 1.16. The van der Waals surface area contributed by atoms with Crippen molar-refractivity contribution in [3.8, 4) is 5.75 Å². The predicted octanol–water partition coefficient (Wildman–Crippen LogP) is 3.38. The lowest BCUT2D eigenvalue weighted by Crippen LogP contribution is -2.44. The number of amides is 2. The summed E-state index contributed by atoms with van der Waals surface area (Å²) in [5, 5.41) is 4.25. The molecule has 3 unspecified atom stereocenters. The van der Waals surface area contributed by atoms with Crippen LogP contribution in [0, 0.1) is 11.8 Å². The molecule has 7 nitrogen and oxygen atoms in total. The van der Waals surface area contributed by atoms with E-state index in [9.17, 15) is 9.59 Å². The number of rotatable bonds is 7. The van der Waals surface area contributed by atoms with Crippen LogP contribution in [0.2, 0.25) is 0 Å². The average Bonchev–Trinajstić information content (AvgIpc) is 3.63. The van der Waals surface area contributed by atoms with Gasteiger partial charge in [-0.25, -0.2) is 0 Å². The molecule has 2 saturated heterocycles. The Morgan fingerprint density at radius 3 is 2.86 bits per heavy atom. The number of aromatic nitrogens is 1. The Morgan fingerprint density at radius 2 is 2.06 bits per heavy atom. The fourth-order valence-corrected chi connectivity index (χ4v) is 5.99. The molecule has 3 aliphatic heterocycles. The molecule has 35 heavy (non-hydrogen) atoms. The summed E-state index contributed by atoms with van der Waals surface area (Å²) in [6.07, 6.45) is 6.31. The molecule has 2 bridgehead atoms. The third kappa shape index (κ3) is 3.45. The second kappa shape index (κ2) is 8.27. The smallest absolute Gasteiger partial charge is 0.230 e. The normalized spacial score (nSPS) is 27.4. The van der Waals surface area contributed by atoms with Crippen molar-refractivity contribution < 1.29 is 19.1 Å². The van der Waals surface area contributed by atoms with Gasteiger partial charge in [-0.15, -0.1) is 0 Å². The Bertz CT molecular complexity index is 1310. The molecule has 5 atom stereocenters. The van der Waals surface area contributed by atoms with Crippen molar-refractivity contribution in [1.29, 1.82) is 0 Å². The molecular formula is C28H29N3O4. The van der Waals surface area contributed by atoms with Gasteiger partial charge in [-0.3, -0.25) is 9.59 Å². The first-order chi connectivity index (χ1) is 17.0. The third-order valence-electron chi connectivity index (χ3n) is 7.87. The molecular weight excluding hydrogens is 442 g/mol. The summed E-state index contributed by atoms with van der Waals surface area (Å²) in [6.45, 7) is 2.98. The van der Waals surface area contributed by atoms with Crippen molar-refractivity contribution in [2.75, 3.05) is 20.2 Å². The standard InChI is InChI=1S/C28H29N3O4/c1-17(18-7-9-20(34-2)10-8-18)31-16-28-13-11-23(35-28)24(25(28)27(31)33)26(32)29-14-12-19-15-30-22-6-4-3-5-21(19)22/h3-11,13,15,17,23-25,30H,12,14,16H2,1-2H3,(H,29,32)/t17?,23-,24?,25?,28-/m1/s1. The third-order valence-corrected chi connectivity index (χ3v) is 7.87. The lowest BCUT2D eigenvalue weighted by atomic mass is 9.77. The van der Waals surface area contributed by atoms with E-state index in [-0.39, 0.29) is 24.0 Å². The lowest BCUT2D eigenvalue weighted by Gasteiger charge is -2.28. The van der Waals surface area contributed by atoms with Crippen molar-refractivity contribution in [3.05, 3.63) is 78.0 Å². The van der Waals surface area contributed by atoms with E-state index in [1.54, 1.807) is 7.11 Å². The van der Waals surface area contributed by atoms with Crippen molar-refractivity contribution >= 4 is 22.7 Å². The zero-order valence-corrected chi connectivity index (χ0v) is 19.9. The van der Waals surface area contributed by atoms with Gasteiger partial charge in [0, 0.05) is 23.6 Å². The van der Waals surface area contributed by atoms with E-state index < -0.39 is 17.4 Å². The minimum absolute atomic E-state index is 0.0167. The van der Waals surface area contributed by atoms with Gasteiger partial charge in [-0.1, -0.05) is 42.5 Å². The molecule has 3 aliphatic rings. The summed E-state index contributed by atoms with van der Waals surface area (Å²) >= 11 is 0. The first kappa shape index (κ1) is 21.9. The van der Waals surface area contributed by atoms with E-state index in [2.05, 4.69) is 16.4 Å². The van der Waals surface area contributed by atoms with Crippen LogP contribution in [0.3, 0.4) is 0 Å². The molecule has 0 saturated carbocycles. The Kier molecular flexibility index (Phi) is 5.18. The Hall–Kier alpha value is -3.58. The maximum absolute atomic E-state index is 13.6. The second-order valence-corrected chi connectivity index (χ2v) is 9.72. The summed E-state index contributed by atoms with van der Waals surface area (Å²) in [6, 6.07) is 15.8. The highest BCUT2D eigenvalue weighted by Gasteiger charge is 2.67. The maximum atomic E-state index is 13.6. The molecule has 1 aromatic heterocycles. The van der Waals surface area contributed by atoms with Gasteiger partial charge in [-0.05, 0) is 42.7 Å². The number of hydrogen-bond acceptors (Lipinski definition) is 4. The zero-order chi connectivity index (χ0) is 24.2. The van der Waals surface area contributed by atoms with Gasteiger partial charge in [0.05, 0.1) is 37.6 Å². The number of para-hydroxylation sites is 1. The van der Waals surface area contributed by atoms with Crippen LogP contribution in [0.15, 0.2) is 66.9 Å². The molecule has 180 valence electrons. The molecule has 2 fully saturated rings. The van der Waals surface area contributed by atoms with E-state index in [1.807, 2.05) is 72.6 Å². The van der Waals surface area contributed by atoms with E-state index in [0.29, 0.717) is 19.5 Å². The minimum atomic E-state index is -0.721. The van der Waals surface area contributed by atoms with Crippen molar-refractivity contribution in [3.63, 3.8) is 0 Å². The highest BCUT2D eigenvalue weighted by molar-refractivity contribution is 5.93. The zero-order valence-electron chi connectivity index (χ0n) is 19.9. The number of methoxy groups -OCH3 is 1. The first-order valence-corrected chi connectivity index (χ1v) is 12.1. The number of ether oxygens (including phenoxy) is 2. The van der Waals surface area contributed by atoms with Crippen LogP contribution in [0.1, 0.15) is 24.1 Å². The van der Waals surface area contributed by atoms with Gasteiger partial charge in [-0.2, -0.15) is 0 Å². The van der Waals surface area contributed by atoms with Crippen LogP contribution < -0.4 is 10.1 Å². The molecule has 1 spiro atoms. The lowest BCUT2D eigenvalue weighted by molar-refractivity contribution is -0.138. The van der Waals surface area contributed by atoms with E-state index in [1.165, 1.54) is 5.39 Å². The van der Waals surface area contributed by atoms with E-state index in [0.717, 1.165) is 22.4 Å². The van der Waals surface area contributed by atoms with Gasteiger partial charge < -0.3 is 24.7 Å². The molecule has 2 aromatic carbocycles. The Labute approximate surface area is 204 Å². The summed E-state index contributed by atoms with van der Waals surface area (Å²) in [7, 11) is 1.63. The minimum Gasteiger partial charge on any atom is -0.497 e. The fraction of sp³-hybridized carbons (Fsp3) is 0.357. The summed E-state index contributed by atoms with van der Waals surface area (Å²) in [5.74, 6) is -0.358. The van der Waals surface area contributed by atoms with Crippen LogP contribution in [-0.4, -0.2) is 53.6 Å². The number of carbonyl (C=O) groups is 2. The summed E-state index contributed by atoms with van der Waals surface area (Å²) in [5.41, 5.74) is 2.55. The highest BCUT2D eigenvalue weighted by atomic mass is 16.5. The number of carbonyl (C=O) groups excluding carboxylic acids is 2. The molecule has 0 radical (unpaired) electrons. The molecule has 2 N–H and O–H groups in total. The van der Waals surface area contributed by atoms with Gasteiger partial charge in [0.15, 0.2) is 0 Å². The van der Waals surface area contributed by atoms with Gasteiger partial charge in [0.2, 0.25) is 11.8 Å². The summed E-state index contributed by atoms with van der Waals surface area (Å²) < 4.78 is 11.5. The van der Waals surface area contributed by atoms with Gasteiger partial charge in [0.25, 0.3) is 0 Å². The van der Waals surface area contributed by atoms with Crippen LogP contribution >= 0.6 is 0 Å². The summed E-state index contributed by atoms with van der Waals surface area (Å²) in [4.78, 5) is 32.1. The van der Waals surface area contributed by atoms with Crippen molar-refractivity contribution in [2.45, 2.75) is 31.1 Å². The molecule has 4 heterocycles. The number of nitrogens with zero attached hydrogens (tertiary/aromatic N) is 1. The van der Waals surface area contributed by atoms with Gasteiger partial charge in [0.1, 0.15) is 11.4 Å². The molecule has 7 heteroatoms. The van der Waals surface area contributed by atoms with Crippen molar-refractivity contribution in [1.82, 2.24) is 15.2 Å². The number of benzene rings is 2. The Morgan fingerprint density at radius 1 is 1.26 bits per heavy atom. The largest absolute Gasteiger partial charge is 0.497 e. The molecule has 2 amide bonds. The molecule has 6 rings (SSSR count). The SMILES string of the molecule is COc1ccc(C(C)N2C[C@@]34C=C[C@@H](O3)C(C(=O)NCCc3c[nH]c5ccccc35)C4C2=O)cc1. The number of nitrogens with one attached hydrogen (secondary N) is 2. The molecule has 3 aromatic rings. The highest BCUT2D eigenvalue weighted by Crippen LogP contribution is 2.53. The van der Waals surface area contributed by atoms with Crippen LogP contribution in [-0.2, 0) is 20.7 Å². The quantitative estimate of drug-likeness (QED) is 0.518. The predicted molar refractivity (Wildman–Crippen MR) is 132 cm³/mol. The number of aromatic amines is 1. The topological polar surface area (TPSA) is 83.7 Å². The van der Waals surface area contributed by atoms with E-state index >= 15 is 0 Å².